The molecule has 0 fully saturated rings. The largest absolute Gasteiger partial charge is 0.432 e. The zero-order chi connectivity index (χ0) is 22.6. The molecule has 0 saturated heterocycles. The number of nitrogens with one attached hydrogen (secondary N) is 1. The normalized spacial score (nSPS) is 17.2. The molecule has 9 nitrogen and oxygen atoms in total. The monoisotopic (exact) mass is 446 g/mol. The van der Waals surface area contributed by atoms with E-state index in [0.29, 0.717) is 17.8 Å². The number of aliphatic hydroxyl groups is 1. The standard InChI is InChI=1S/C20H17F3N6O3/c1-9(30)19-26-15(18(22)23)17(32-19)20(31)28-6-4-11-14(25-8-24-11)16(28)12-7-13-10(21)3-2-5-29(13)27-12/h2-3,5,7-9,16,18,30H,4,6H2,1H3,(H,24,25)/t9-,16+/m0/s1. The van der Waals surface area contributed by atoms with Crippen molar-refractivity contribution in [3.8, 4) is 0 Å². The maximum atomic E-state index is 14.3. The number of nitrogens with zero attached hydrogens (tertiary/aromatic N) is 5. The predicted molar refractivity (Wildman–Crippen MR) is 102 cm³/mol. The van der Waals surface area contributed by atoms with Crippen molar-refractivity contribution in [1.29, 1.82) is 0 Å². The van der Waals surface area contributed by atoms with Crippen LogP contribution in [0.3, 0.4) is 0 Å². The van der Waals surface area contributed by atoms with E-state index in [1.807, 2.05) is 0 Å². The lowest BCUT2D eigenvalue weighted by molar-refractivity contribution is 0.0631. The van der Waals surface area contributed by atoms with Gasteiger partial charge in [0.15, 0.2) is 5.69 Å². The third kappa shape index (κ3) is 3.14. The lowest BCUT2D eigenvalue weighted by atomic mass is 9.99. The number of pyridine rings is 1. The second kappa shape index (κ2) is 7.48. The summed E-state index contributed by atoms with van der Waals surface area (Å²) >= 11 is 0. The van der Waals surface area contributed by atoms with Gasteiger partial charge in [0.1, 0.15) is 23.5 Å². The van der Waals surface area contributed by atoms with Gasteiger partial charge in [0.2, 0.25) is 11.7 Å². The maximum absolute atomic E-state index is 14.3. The molecule has 0 bridgehead atoms. The molecule has 4 aromatic rings. The van der Waals surface area contributed by atoms with E-state index >= 15 is 0 Å². The van der Waals surface area contributed by atoms with Crippen LogP contribution in [-0.2, 0) is 6.42 Å². The van der Waals surface area contributed by atoms with Gasteiger partial charge in [0.25, 0.3) is 12.3 Å². The molecular formula is C20H17F3N6O3. The number of alkyl halides is 2. The smallest absolute Gasteiger partial charge is 0.292 e. The van der Waals surface area contributed by atoms with Gasteiger partial charge in [-0.3, -0.25) is 4.79 Å². The van der Waals surface area contributed by atoms with Crippen LogP contribution < -0.4 is 0 Å². The number of aromatic nitrogens is 5. The summed E-state index contributed by atoms with van der Waals surface area (Å²) in [5.74, 6) is -2.39. The number of halogens is 3. The summed E-state index contributed by atoms with van der Waals surface area (Å²) in [7, 11) is 0. The Morgan fingerprint density at radius 3 is 2.94 bits per heavy atom. The highest BCUT2D eigenvalue weighted by molar-refractivity contribution is 5.93. The van der Waals surface area contributed by atoms with Crippen molar-refractivity contribution in [1.82, 2.24) is 29.5 Å². The van der Waals surface area contributed by atoms with Crippen LogP contribution in [0, 0.1) is 5.82 Å². The van der Waals surface area contributed by atoms with Crippen LogP contribution in [0.15, 0.2) is 35.1 Å². The molecule has 1 aliphatic heterocycles. The fourth-order valence-electron chi connectivity index (χ4n) is 3.89. The number of rotatable bonds is 4. The molecule has 0 unspecified atom stereocenters. The number of oxazole rings is 1. The number of hydrogen-bond donors (Lipinski definition) is 2. The quantitative estimate of drug-likeness (QED) is 0.499. The van der Waals surface area contributed by atoms with Crippen LogP contribution in [0.5, 0.6) is 0 Å². The molecule has 0 saturated carbocycles. The molecule has 0 aromatic carbocycles. The van der Waals surface area contributed by atoms with Gasteiger partial charge in [-0.05, 0) is 25.1 Å². The van der Waals surface area contributed by atoms with Gasteiger partial charge in [-0.15, -0.1) is 0 Å². The molecule has 2 N–H and O–H groups in total. The fraction of sp³-hybridized carbons (Fsp3) is 0.300. The SMILES string of the molecule is C[C@H](O)c1nc(C(F)F)c(C(=O)N2CCc3[nH]cnc3[C@H]2c2cc3c(F)cccn3n2)o1. The molecular weight excluding hydrogens is 429 g/mol. The topological polar surface area (TPSA) is 113 Å². The molecule has 0 spiro atoms. The average Bonchev–Trinajstić information content (AvgIpc) is 3.49. The van der Waals surface area contributed by atoms with E-state index < -0.39 is 41.7 Å². The van der Waals surface area contributed by atoms with Gasteiger partial charge in [-0.2, -0.15) is 5.10 Å². The number of imidazole rings is 1. The van der Waals surface area contributed by atoms with E-state index in [4.69, 9.17) is 4.42 Å². The molecule has 5 rings (SSSR count). The minimum Gasteiger partial charge on any atom is -0.432 e. The minimum absolute atomic E-state index is 0.141. The zero-order valence-electron chi connectivity index (χ0n) is 16.7. The lowest BCUT2D eigenvalue weighted by Crippen LogP contribution is -2.41. The van der Waals surface area contributed by atoms with E-state index in [9.17, 15) is 23.1 Å². The van der Waals surface area contributed by atoms with Gasteiger partial charge in [0.05, 0.1) is 17.7 Å². The van der Waals surface area contributed by atoms with E-state index in [1.165, 1.54) is 40.9 Å². The maximum Gasteiger partial charge on any atom is 0.292 e. The summed E-state index contributed by atoms with van der Waals surface area (Å²) in [6.45, 7) is 1.43. The number of H-pyrrole nitrogens is 1. The van der Waals surface area contributed by atoms with Crippen molar-refractivity contribution in [3.05, 3.63) is 71.0 Å². The molecule has 32 heavy (non-hydrogen) atoms. The van der Waals surface area contributed by atoms with Crippen LogP contribution >= 0.6 is 0 Å². The highest BCUT2D eigenvalue weighted by atomic mass is 19.3. The highest BCUT2D eigenvalue weighted by Crippen LogP contribution is 2.36. The van der Waals surface area contributed by atoms with Crippen LogP contribution in [0.1, 0.15) is 64.7 Å². The highest BCUT2D eigenvalue weighted by Gasteiger charge is 2.40. The van der Waals surface area contributed by atoms with Gasteiger partial charge < -0.3 is 19.4 Å². The summed E-state index contributed by atoms with van der Waals surface area (Å²) in [5, 5.41) is 14.1. The Morgan fingerprint density at radius 1 is 1.41 bits per heavy atom. The average molecular weight is 446 g/mol. The molecule has 4 aromatic heterocycles. The molecule has 0 radical (unpaired) electrons. The molecule has 0 aliphatic carbocycles. The molecule has 12 heteroatoms. The van der Waals surface area contributed by atoms with Crippen LogP contribution in [0.4, 0.5) is 13.2 Å². The van der Waals surface area contributed by atoms with E-state index in [-0.39, 0.29) is 18.0 Å². The molecule has 1 amide bonds. The first-order valence-corrected chi connectivity index (χ1v) is 9.79. The van der Waals surface area contributed by atoms with Crippen molar-refractivity contribution in [2.24, 2.45) is 0 Å². The van der Waals surface area contributed by atoms with E-state index in [1.54, 1.807) is 6.20 Å². The zero-order valence-corrected chi connectivity index (χ0v) is 16.7. The van der Waals surface area contributed by atoms with Crippen LogP contribution in [0.2, 0.25) is 0 Å². The number of aliphatic hydroxyl groups excluding tert-OH is 1. The Bertz CT molecular complexity index is 1310. The van der Waals surface area contributed by atoms with Crippen LogP contribution in [-0.4, -0.2) is 47.0 Å². The summed E-state index contributed by atoms with van der Waals surface area (Å²) in [5.41, 5.74) is 0.890. The Hall–Kier alpha value is -3.67. The van der Waals surface area contributed by atoms with Crippen molar-refractivity contribution in [3.63, 3.8) is 0 Å². The summed E-state index contributed by atoms with van der Waals surface area (Å²) < 4.78 is 48.0. The van der Waals surface area contributed by atoms with Gasteiger partial charge in [0, 0.05) is 24.9 Å². The third-order valence-electron chi connectivity index (χ3n) is 5.36. The van der Waals surface area contributed by atoms with Gasteiger partial charge >= 0.3 is 0 Å². The van der Waals surface area contributed by atoms with E-state index in [0.717, 1.165) is 5.69 Å². The number of aromatic amines is 1. The van der Waals surface area contributed by atoms with E-state index in [2.05, 4.69) is 20.1 Å². The Labute approximate surface area is 178 Å². The van der Waals surface area contributed by atoms with Crippen LogP contribution in [0.25, 0.3) is 5.52 Å². The Balaban J connectivity index is 1.63. The molecule has 166 valence electrons. The Kier molecular flexibility index (Phi) is 4.73. The second-order valence-corrected chi connectivity index (χ2v) is 7.42. The minimum atomic E-state index is -3.08. The summed E-state index contributed by atoms with van der Waals surface area (Å²) in [6.07, 6.45) is -0.945. The first-order valence-electron chi connectivity index (χ1n) is 9.79. The lowest BCUT2D eigenvalue weighted by Gasteiger charge is -2.33. The molecule has 1 aliphatic rings. The number of amides is 1. The first-order chi connectivity index (χ1) is 15.3. The fourth-order valence-corrected chi connectivity index (χ4v) is 3.89. The van der Waals surface area contributed by atoms with Gasteiger partial charge in [-0.1, -0.05) is 0 Å². The Morgan fingerprint density at radius 2 is 2.22 bits per heavy atom. The second-order valence-electron chi connectivity index (χ2n) is 7.42. The molecule has 5 heterocycles. The van der Waals surface area contributed by atoms with Crippen molar-refractivity contribution in [2.45, 2.75) is 31.9 Å². The number of hydrogen-bond acceptors (Lipinski definition) is 6. The molecule has 2 atom stereocenters. The summed E-state index contributed by atoms with van der Waals surface area (Å²) in [6, 6.07) is 3.39. The first kappa shape index (κ1) is 20.2. The predicted octanol–water partition coefficient (Wildman–Crippen LogP) is 2.96. The van der Waals surface area contributed by atoms with Crippen molar-refractivity contribution < 1.29 is 27.5 Å². The van der Waals surface area contributed by atoms with Gasteiger partial charge in [-0.25, -0.2) is 27.7 Å². The third-order valence-corrected chi connectivity index (χ3v) is 5.36. The van der Waals surface area contributed by atoms with Crippen molar-refractivity contribution >= 4 is 11.4 Å². The summed E-state index contributed by atoms with van der Waals surface area (Å²) in [4.78, 5) is 25.6. The number of carbonyl (C=O) groups excluding carboxylic acids is 1. The number of carbonyl (C=O) groups is 1. The number of fused-ring (bicyclic) bond motifs is 2. The van der Waals surface area contributed by atoms with Crippen molar-refractivity contribution in [2.75, 3.05) is 6.54 Å².